The molecule has 0 aliphatic carbocycles. The van der Waals surface area contributed by atoms with Crippen molar-refractivity contribution in [1.82, 2.24) is 0 Å². The lowest BCUT2D eigenvalue weighted by atomic mass is 10.1. The monoisotopic (exact) mass is 452 g/mol. The van der Waals surface area contributed by atoms with Crippen LogP contribution in [0.4, 0.5) is 24.5 Å². The number of carbonyl (C=O) groups is 2. The highest BCUT2D eigenvalue weighted by Crippen LogP contribution is 2.27. The first-order chi connectivity index (χ1) is 15.0. The number of nitrogens with two attached hydrogens (primary N) is 1. The number of anilines is 2. The van der Waals surface area contributed by atoms with Crippen LogP contribution >= 0.6 is 0 Å². The largest absolute Gasteiger partial charge is 0.573 e. The predicted octanol–water partition coefficient (Wildman–Crippen LogP) is 1.60. The zero-order valence-electron chi connectivity index (χ0n) is 16.4. The predicted molar refractivity (Wildman–Crippen MR) is 107 cm³/mol. The van der Waals surface area contributed by atoms with Crippen LogP contribution in [-0.2, 0) is 14.3 Å². The van der Waals surface area contributed by atoms with E-state index in [0.717, 1.165) is 12.1 Å². The van der Waals surface area contributed by atoms with Crippen molar-refractivity contribution in [3.63, 3.8) is 0 Å². The fourth-order valence-electron chi connectivity index (χ4n) is 3.00. The number of aliphatic hydroxyl groups is 1. The molecule has 5 N–H and O–H groups in total. The number of hydrogen-bond donors (Lipinski definition) is 4. The first kappa shape index (κ1) is 23.0. The summed E-state index contributed by atoms with van der Waals surface area (Å²) in [4.78, 5) is 26.4. The lowest BCUT2D eigenvalue weighted by Crippen LogP contribution is -2.55. The summed E-state index contributed by atoms with van der Waals surface area (Å²) in [5.74, 6) is -2.22. The van der Waals surface area contributed by atoms with Crippen molar-refractivity contribution >= 4 is 29.0 Å². The molecule has 1 heterocycles. The summed E-state index contributed by atoms with van der Waals surface area (Å²) >= 11 is 0. The maximum absolute atomic E-state index is 12.8. The Labute approximate surface area is 180 Å². The Morgan fingerprint density at radius 1 is 1.22 bits per heavy atom. The number of morpholine rings is 1. The minimum atomic E-state index is -4.84. The minimum absolute atomic E-state index is 0.00510. The number of halogens is 3. The summed E-state index contributed by atoms with van der Waals surface area (Å²) in [6, 6.07) is 10.6. The van der Waals surface area contributed by atoms with Gasteiger partial charge in [0.15, 0.2) is 12.2 Å². The van der Waals surface area contributed by atoms with Gasteiger partial charge in [0, 0.05) is 23.5 Å². The second kappa shape index (κ2) is 9.24. The van der Waals surface area contributed by atoms with Crippen LogP contribution in [0, 0.1) is 5.41 Å². The number of nitrogen functional groups attached to an aromatic ring is 1. The topological polar surface area (TPSA) is 138 Å². The second-order valence-electron chi connectivity index (χ2n) is 6.75. The summed E-state index contributed by atoms with van der Waals surface area (Å²) < 4.78 is 46.0. The molecule has 0 aromatic heterocycles. The Morgan fingerprint density at radius 3 is 2.41 bits per heavy atom. The molecule has 1 aliphatic rings. The van der Waals surface area contributed by atoms with E-state index in [-0.39, 0.29) is 24.7 Å². The molecule has 0 radical (unpaired) electrons. The number of amidine groups is 1. The second-order valence-corrected chi connectivity index (χ2v) is 6.75. The quantitative estimate of drug-likeness (QED) is 0.388. The maximum atomic E-state index is 12.8. The van der Waals surface area contributed by atoms with Crippen molar-refractivity contribution in [3.8, 4) is 5.75 Å². The van der Waals surface area contributed by atoms with Gasteiger partial charge in [0.05, 0.1) is 6.61 Å². The van der Waals surface area contributed by atoms with Crippen LogP contribution in [0.15, 0.2) is 48.5 Å². The van der Waals surface area contributed by atoms with Gasteiger partial charge in [0.25, 0.3) is 11.8 Å². The summed E-state index contributed by atoms with van der Waals surface area (Å²) in [6.07, 6.45) is -8.19. The number of carbonyl (C=O) groups excluding carboxylic acids is 2. The van der Waals surface area contributed by atoms with Crippen molar-refractivity contribution in [2.75, 3.05) is 23.4 Å². The molecule has 2 amide bonds. The number of ether oxygens (including phenoxy) is 2. The molecule has 2 aromatic rings. The zero-order valence-corrected chi connectivity index (χ0v) is 16.4. The van der Waals surface area contributed by atoms with Crippen molar-refractivity contribution in [3.05, 3.63) is 54.1 Å². The number of nitrogens with one attached hydrogen (secondary N) is 2. The number of aliphatic hydroxyl groups excluding tert-OH is 1. The average molecular weight is 452 g/mol. The highest BCUT2D eigenvalue weighted by molar-refractivity contribution is 6.04. The summed E-state index contributed by atoms with van der Waals surface area (Å²) in [5.41, 5.74) is 6.36. The van der Waals surface area contributed by atoms with Gasteiger partial charge >= 0.3 is 6.36 Å². The third-order valence-corrected chi connectivity index (χ3v) is 4.52. The molecule has 1 fully saturated rings. The lowest BCUT2D eigenvalue weighted by molar-refractivity contribution is -0.274. The summed E-state index contributed by atoms with van der Waals surface area (Å²) in [7, 11) is 0. The maximum Gasteiger partial charge on any atom is 0.573 e. The normalized spacial score (nSPS) is 17.6. The Bertz CT molecular complexity index is 996. The van der Waals surface area contributed by atoms with Gasteiger partial charge < -0.3 is 30.5 Å². The molecular weight excluding hydrogens is 433 g/mol. The minimum Gasteiger partial charge on any atom is -0.406 e. The Balaban J connectivity index is 1.67. The highest BCUT2D eigenvalue weighted by Gasteiger charge is 2.39. The van der Waals surface area contributed by atoms with Crippen molar-refractivity contribution in [2.45, 2.75) is 18.6 Å². The number of alkyl halides is 3. The van der Waals surface area contributed by atoms with Gasteiger partial charge in [-0.25, -0.2) is 0 Å². The van der Waals surface area contributed by atoms with E-state index in [0.29, 0.717) is 11.3 Å². The van der Waals surface area contributed by atoms with Crippen LogP contribution in [0.5, 0.6) is 5.75 Å². The number of benzene rings is 2. The van der Waals surface area contributed by atoms with Crippen molar-refractivity contribution < 1.29 is 37.3 Å². The van der Waals surface area contributed by atoms with Crippen molar-refractivity contribution in [1.29, 1.82) is 5.41 Å². The molecule has 32 heavy (non-hydrogen) atoms. The molecule has 0 spiro atoms. The Morgan fingerprint density at radius 2 is 1.84 bits per heavy atom. The summed E-state index contributed by atoms with van der Waals surface area (Å²) in [6.45, 7) is 0.0739. The van der Waals surface area contributed by atoms with Crippen LogP contribution in [-0.4, -0.2) is 54.5 Å². The number of rotatable bonds is 6. The van der Waals surface area contributed by atoms with E-state index in [9.17, 15) is 27.9 Å². The molecule has 170 valence electrons. The standard InChI is InChI=1S/C20H19F3N4O5/c21-20(22,23)32-14-7-5-13(6-8-14)27-9-10-31-16(19(27)30)15(28)18(29)26-12-3-1-11(2-4-12)17(24)25/h1-8,15-16,28H,9-10H2,(H3,24,25)(H,26,29)/t15-,16?/m1/s1. The average Bonchev–Trinajstić information content (AvgIpc) is 2.73. The molecule has 2 atom stereocenters. The molecule has 1 unspecified atom stereocenters. The molecule has 0 bridgehead atoms. The van der Waals surface area contributed by atoms with E-state index in [1.54, 1.807) is 0 Å². The fraction of sp³-hybridized carbons (Fsp3) is 0.250. The van der Waals surface area contributed by atoms with Gasteiger partial charge in [-0.15, -0.1) is 13.2 Å². The van der Waals surface area contributed by atoms with Gasteiger partial charge in [-0.05, 0) is 48.5 Å². The highest BCUT2D eigenvalue weighted by atomic mass is 19.4. The van der Waals surface area contributed by atoms with E-state index < -0.39 is 36.1 Å². The van der Waals surface area contributed by atoms with E-state index >= 15 is 0 Å². The van der Waals surface area contributed by atoms with E-state index in [1.165, 1.54) is 41.3 Å². The smallest absolute Gasteiger partial charge is 0.406 e. The molecule has 3 rings (SSSR count). The molecule has 2 aromatic carbocycles. The SMILES string of the molecule is N=C(N)c1ccc(NC(=O)[C@H](O)C2OCCN(c3ccc(OC(F)(F)F)cc3)C2=O)cc1. The molecule has 12 heteroatoms. The third kappa shape index (κ3) is 5.53. The zero-order chi connectivity index (χ0) is 23.5. The van der Waals surface area contributed by atoms with Crippen LogP contribution in [0.3, 0.4) is 0 Å². The Hall–Kier alpha value is -3.64. The fourth-order valence-corrected chi connectivity index (χ4v) is 3.00. The molecule has 1 aliphatic heterocycles. The van der Waals surface area contributed by atoms with Crippen LogP contribution in [0.25, 0.3) is 0 Å². The van der Waals surface area contributed by atoms with Gasteiger partial charge in [-0.1, -0.05) is 0 Å². The van der Waals surface area contributed by atoms with Gasteiger partial charge in [0.2, 0.25) is 0 Å². The first-order valence-corrected chi connectivity index (χ1v) is 9.27. The molecular formula is C20H19F3N4O5. The number of hydrogen-bond acceptors (Lipinski definition) is 6. The van der Waals surface area contributed by atoms with Gasteiger partial charge in [-0.3, -0.25) is 15.0 Å². The van der Waals surface area contributed by atoms with E-state index in [2.05, 4.69) is 10.1 Å². The van der Waals surface area contributed by atoms with Crippen molar-refractivity contribution in [2.24, 2.45) is 5.73 Å². The lowest BCUT2D eigenvalue weighted by Gasteiger charge is -2.34. The van der Waals surface area contributed by atoms with Crippen LogP contribution in [0.2, 0.25) is 0 Å². The number of amides is 2. The van der Waals surface area contributed by atoms with Crippen LogP contribution in [0.1, 0.15) is 5.56 Å². The summed E-state index contributed by atoms with van der Waals surface area (Å²) in [5, 5.41) is 20.2. The molecule has 0 saturated carbocycles. The first-order valence-electron chi connectivity index (χ1n) is 9.27. The third-order valence-electron chi connectivity index (χ3n) is 4.52. The number of nitrogens with zero attached hydrogens (tertiary/aromatic N) is 1. The molecule has 1 saturated heterocycles. The molecule has 9 nitrogen and oxygen atoms in total. The van der Waals surface area contributed by atoms with Crippen LogP contribution < -0.4 is 20.7 Å². The van der Waals surface area contributed by atoms with Gasteiger partial charge in [-0.2, -0.15) is 0 Å². The van der Waals surface area contributed by atoms with E-state index in [4.69, 9.17) is 15.9 Å². The van der Waals surface area contributed by atoms with Gasteiger partial charge in [0.1, 0.15) is 11.6 Å². The Kier molecular flexibility index (Phi) is 6.65. The van der Waals surface area contributed by atoms with E-state index in [1.807, 2.05) is 0 Å².